The number of carbonyl (C=O) groups is 1. The lowest BCUT2D eigenvalue weighted by Gasteiger charge is -2.13. The average molecular weight is 295 g/mol. The predicted molar refractivity (Wildman–Crippen MR) is 85.3 cm³/mol. The third-order valence-electron chi connectivity index (χ3n) is 4.01. The summed E-state index contributed by atoms with van der Waals surface area (Å²) < 4.78 is 0. The van der Waals surface area contributed by atoms with Gasteiger partial charge in [-0.25, -0.2) is 0 Å². The molecule has 1 amide bonds. The highest BCUT2D eigenvalue weighted by Crippen LogP contribution is 2.28. The standard InChI is InChI=1S/C15H29N5O/c1-3-16-15(19-10-12-6-9-20(2)11-12)18-8-7-17-14(21)13-4-5-13/h12-13H,3-11H2,1-2H3,(H,17,21)(H2,16,18,19). The van der Waals surface area contributed by atoms with Gasteiger partial charge < -0.3 is 20.9 Å². The van der Waals surface area contributed by atoms with Crippen molar-refractivity contribution >= 4 is 11.9 Å². The molecule has 2 fully saturated rings. The van der Waals surface area contributed by atoms with E-state index in [-0.39, 0.29) is 11.8 Å². The summed E-state index contributed by atoms with van der Waals surface area (Å²) in [6.07, 6.45) is 3.34. The Labute approximate surface area is 127 Å². The zero-order chi connectivity index (χ0) is 15.1. The Morgan fingerprint density at radius 1 is 1.19 bits per heavy atom. The van der Waals surface area contributed by atoms with E-state index in [2.05, 4.69) is 39.8 Å². The molecule has 2 rings (SSSR count). The number of nitrogens with one attached hydrogen (secondary N) is 3. The van der Waals surface area contributed by atoms with E-state index in [9.17, 15) is 4.79 Å². The van der Waals surface area contributed by atoms with E-state index in [1.807, 2.05) is 0 Å². The van der Waals surface area contributed by atoms with Crippen LogP contribution in [0, 0.1) is 11.8 Å². The van der Waals surface area contributed by atoms with Gasteiger partial charge in [-0.1, -0.05) is 0 Å². The van der Waals surface area contributed by atoms with E-state index in [4.69, 9.17) is 0 Å². The topological polar surface area (TPSA) is 68.8 Å². The lowest BCUT2D eigenvalue weighted by molar-refractivity contribution is -0.122. The first kappa shape index (κ1) is 16.1. The molecule has 1 atom stereocenters. The maximum atomic E-state index is 11.5. The van der Waals surface area contributed by atoms with E-state index in [1.165, 1.54) is 13.0 Å². The number of carbonyl (C=O) groups excluding carboxylic acids is 1. The Bertz CT molecular complexity index is 367. The van der Waals surface area contributed by atoms with Gasteiger partial charge in [0, 0.05) is 38.6 Å². The first-order valence-corrected chi connectivity index (χ1v) is 8.17. The summed E-state index contributed by atoms with van der Waals surface area (Å²) in [5.74, 6) is 2.01. The summed E-state index contributed by atoms with van der Waals surface area (Å²) in [5, 5.41) is 9.49. The molecule has 6 nitrogen and oxygen atoms in total. The van der Waals surface area contributed by atoms with Crippen LogP contribution in [0.25, 0.3) is 0 Å². The van der Waals surface area contributed by atoms with Crippen molar-refractivity contribution in [1.82, 2.24) is 20.9 Å². The van der Waals surface area contributed by atoms with Gasteiger partial charge in [0.1, 0.15) is 0 Å². The zero-order valence-corrected chi connectivity index (χ0v) is 13.3. The van der Waals surface area contributed by atoms with Crippen molar-refractivity contribution in [2.45, 2.75) is 26.2 Å². The van der Waals surface area contributed by atoms with Crippen molar-refractivity contribution in [2.75, 3.05) is 46.3 Å². The maximum Gasteiger partial charge on any atom is 0.223 e. The van der Waals surface area contributed by atoms with Gasteiger partial charge in [0.15, 0.2) is 5.96 Å². The van der Waals surface area contributed by atoms with Gasteiger partial charge in [0.05, 0.1) is 0 Å². The molecule has 0 bridgehead atoms. The molecule has 0 aromatic rings. The highest BCUT2D eigenvalue weighted by Gasteiger charge is 2.28. The Morgan fingerprint density at radius 3 is 2.57 bits per heavy atom. The first-order valence-electron chi connectivity index (χ1n) is 8.17. The highest BCUT2D eigenvalue weighted by atomic mass is 16.2. The van der Waals surface area contributed by atoms with Gasteiger partial charge in [-0.3, -0.25) is 9.79 Å². The fraction of sp³-hybridized carbons (Fsp3) is 0.867. The lowest BCUT2D eigenvalue weighted by Crippen LogP contribution is -2.42. The normalized spacial score (nSPS) is 23.1. The zero-order valence-electron chi connectivity index (χ0n) is 13.3. The second-order valence-electron chi connectivity index (χ2n) is 6.13. The van der Waals surface area contributed by atoms with Gasteiger partial charge in [-0.15, -0.1) is 0 Å². The number of amides is 1. The van der Waals surface area contributed by atoms with Crippen LogP contribution < -0.4 is 16.0 Å². The van der Waals surface area contributed by atoms with Gasteiger partial charge in [0.2, 0.25) is 5.91 Å². The largest absolute Gasteiger partial charge is 0.357 e. The molecule has 21 heavy (non-hydrogen) atoms. The fourth-order valence-electron chi connectivity index (χ4n) is 2.59. The minimum absolute atomic E-state index is 0.202. The van der Waals surface area contributed by atoms with Gasteiger partial charge in [-0.05, 0) is 45.7 Å². The summed E-state index contributed by atoms with van der Waals surface area (Å²) in [4.78, 5) is 18.5. The number of likely N-dealkylation sites (tertiary alicyclic amines) is 1. The fourth-order valence-corrected chi connectivity index (χ4v) is 2.59. The molecular weight excluding hydrogens is 266 g/mol. The summed E-state index contributed by atoms with van der Waals surface area (Å²) in [6, 6.07) is 0. The number of hydrogen-bond donors (Lipinski definition) is 3. The van der Waals surface area contributed by atoms with E-state index in [0.29, 0.717) is 12.5 Å². The minimum atomic E-state index is 0.202. The first-order chi connectivity index (χ1) is 10.2. The molecule has 120 valence electrons. The van der Waals surface area contributed by atoms with Crippen molar-refractivity contribution in [3.05, 3.63) is 0 Å². The molecule has 0 radical (unpaired) electrons. The second-order valence-corrected chi connectivity index (χ2v) is 6.13. The number of rotatable bonds is 7. The van der Waals surface area contributed by atoms with E-state index in [0.717, 1.165) is 45.0 Å². The molecule has 0 aromatic heterocycles. The summed E-state index contributed by atoms with van der Waals surface area (Å²) in [6.45, 7) is 7.48. The van der Waals surface area contributed by atoms with Crippen LogP contribution in [0.4, 0.5) is 0 Å². The van der Waals surface area contributed by atoms with E-state index < -0.39 is 0 Å². The summed E-state index contributed by atoms with van der Waals surface area (Å²) in [5.41, 5.74) is 0. The number of hydrogen-bond acceptors (Lipinski definition) is 3. The molecular formula is C15H29N5O. The summed E-state index contributed by atoms with van der Waals surface area (Å²) in [7, 11) is 2.16. The molecule has 1 heterocycles. The molecule has 1 saturated carbocycles. The molecule has 6 heteroatoms. The molecule has 1 aliphatic heterocycles. The number of nitrogens with zero attached hydrogens (tertiary/aromatic N) is 2. The molecule has 2 aliphatic rings. The van der Waals surface area contributed by atoms with Gasteiger partial charge in [0.25, 0.3) is 0 Å². The molecule has 1 unspecified atom stereocenters. The Kier molecular flexibility index (Phi) is 6.29. The summed E-state index contributed by atoms with van der Waals surface area (Å²) >= 11 is 0. The van der Waals surface area contributed by atoms with Gasteiger partial charge >= 0.3 is 0 Å². The Balaban J connectivity index is 1.64. The minimum Gasteiger partial charge on any atom is -0.357 e. The van der Waals surface area contributed by atoms with Crippen molar-refractivity contribution in [2.24, 2.45) is 16.8 Å². The van der Waals surface area contributed by atoms with Crippen molar-refractivity contribution in [3.8, 4) is 0 Å². The van der Waals surface area contributed by atoms with Crippen LogP contribution in [-0.2, 0) is 4.79 Å². The van der Waals surface area contributed by atoms with E-state index >= 15 is 0 Å². The average Bonchev–Trinajstić information content (AvgIpc) is 3.24. The highest BCUT2D eigenvalue weighted by molar-refractivity contribution is 5.81. The quantitative estimate of drug-likeness (QED) is 0.352. The predicted octanol–water partition coefficient (Wildman–Crippen LogP) is 0.0194. The molecule has 3 N–H and O–H groups in total. The smallest absolute Gasteiger partial charge is 0.223 e. The van der Waals surface area contributed by atoms with Crippen LogP contribution in [0.5, 0.6) is 0 Å². The van der Waals surface area contributed by atoms with Crippen LogP contribution in [0.1, 0.15) is 26.2 Å². The van der Waals surface area contributed by atoms with Crippen molar-refractivity contribution in [3.63, 3.8) is 0 Å². The lowest BCUT2D eigenvalue weighted by atomic mass is 10.1. The van der Waals surface area contributed by atoms with Crippen molar-refractivity contribution in [1.29, 1.82) is 0 Å². The maximum absolute atomic E-state index is 11.5. The van der Waals surface area contributed by atoms with E-state index in [1.54, 1.807) is 0 Å². The molecule has 1 aliphatic carbocycles. The van der Waals surface area contributed by atoms with Crippen LogP contribution in [0.3, 0.4) is 0 Å². The monoisotopic (exact) mass is 295 g/mol. The third kappa shape index (κ3) is 5.91. The van der Waals surface area contributed by atoms with Gasteiger partial charge in [-0.2, -0.15) is 0 Å². The second kappa shape index (κ2) is 8.22. The van der Waals surface area contributed by atoms with Crippen LogP contribution in [-0.4, -0.2) is 63.1 Å². The van der Waals surface area contributed by atoms with Crippen LogP contribution in [0.2, 0.25) is 0 Å². The Morgan fingerprint density at radius 2 is 1.95 bits per heavy atom. The molecule has 0 aromatic carbocycles. The number of aliphatic imine (C=N–C) groups is 1. The SMILES string of the molecule is CCNC(=NCC1CCN(C)C1)NCCNC(=O)C1CC1. The third-order valence-corrected chi connectivity index (χ3v) is 4.01. The molecule has 1 saturated heterocycles. The Hall–Kier alpha value is -1.30. The molecule has 0 spiro atoms. The van der Waals surface area contributed by atoms with Crippen LogP contribution in [0.15, 0.2) is 4.99 Å². The van der Waals surface area contributed by atoms with Crippen molar-refractivity contribution < 1.29 is 4.79 Å². The van der Waals surface area contributed by atoms with Crippen LogP contribution >= 0.6 is 0 Å². The number of guanidine groups is 1.